The Hall–Kier alpha value is -1.07. The zero-order chi connectivity index (χ0) is 10.8. The Labute approximate surface area is 85.0 Å². The minimum absolute atomic E-state index is 0.105. The van der Waals surface area contributed by atoms with Gasteiger partial charge in [-0.15, -0.1) is 0 Å². The van der Waals surface area contributed by atoms with Gasteiger partial charge in [-0.2, -0.15) is 0 Å². The van der Waals surface area contributed by atoms with Gasteiger partial charge >= 0.3 is 0 Å². The minimum atomic E-state index is -1.43. The number of morpholine rings is 1. The molecule has 0 bridgehead atoms. The molecule has 5 heteroatoms. The normalized spacial score (nSPS) is 21.7. The second-order valence-corrected chi connectivity index (χ2v) is 3.35. The summed E-state index contributed by atoms with van der Waals surface area (Å²) in [5, 5.41) is 2.97. The molecule has 0 aromatic heterocycles. The van der Waals surface area contributed by atoms with Gasteiger partial charge in [0.2, 0.25) is 0 Å². The van der Waals surface area contributed by atoms with Crippen LogP contribution < -0.4 is 5.32 Å². The molecule has 0 aliphatic carbocycles. The topological polar surface area (TPSA) is 21.3 Å². The van der Waals surface area contributed by atoms with Crippen LogP contribution >= 0.6 is 0 Å². The summed E-state index contributed by atoms with van der Waals surface area (Å²) in [6, 6.07) is 1.75. The summed E-state index contributed by atoms with van der Waals surface area (Å²) in [6.45, 7) is 1.38. The van der Waals surface area contributed by atoms with Crippen LogP contribution in [0.1, 0.15) is 11.6 Å². The Morgan fingerprint density at radius 3 is 2.67 bits per heavy atom. The lowest BCUT2D eigenvalue weighted by molar-refractivity contribution is 0.0754. The van der Waals surface area contributed by atoms with Gasteiger partial charge in [0.05, 0.1) is 19.3 Å². The zero-order valence-corrected chi connectivity index (χ0v) is 7.90. The summed E-state index contributed by atoms with van der Waals surface area (Å²) in [4.78, 5) is 0. The Balaban J connectivity index is 2.31. The first-order valence-corrected chi connectivity index (χ1v) is 4.64. The molecule has 1 aliphatic rings. The molecule has 1 heterocycles. The van der Waals surface area contributed by atoms with Crippen LogP contribution in [0.4, 0.5) is 13.2 Å². The monoisotopic (exact) mass is 217 g/mol. The van der Waals surface area contributed by atoms with Crippen molar-refractivity contribution in [3.05, 3.63) is 35.1 Å². The molecule has 1 N–H and O–H groups in total. The van der Waals surface area contributed by atoms with Gasteiger partial charge in [-0.05, 0) is 6.07 Å². The molecular weight excluding hydrogens is 207 g/mol. The average molecular weight is 217 g/mol. The molecule has 1 fully saturated rings. The van der Waals surface area contributed by atoms with Crippen molar-refractivity contribution in [3.8, 4) is 0 Å². The second-order valence-electron chi connectivity index (χ2n) is 3.35. The van der Waals surface area contributed by atoms with E-state index in [4.69, 9.17) is 4.74 Å². The number of ether oxygens (including phenoxy) is 1. The van der Waals surface area contributed by atoms with Gasteiger partial charge in [-0.25, -0.2) is 13.2 Å². The van der Waals surface area contributed by atoms with Crippen molar-refractivity contribution in [2.24, 2.45) is 0 Å². The predicted octanol–water partition coefficient (Wildman–Crippen LogP) is 1.76. The third kappa shape index (κ3) is 1.98. The first-order valence-electron chi connectivity index (χ1n) is 4.64. The largest absolute Gasteiger partial charge is 0.378 e. The van der Waals surface area contributed by atoms with E-state index in [0.717, 1.165) is 6.07 Å². The molecule has 0 spiro atoms. The van der Waals surface area contributed by atoms with Crippen LogP contribution in [0.2, 0.25) is 0 Å². The first-order chi connectivity index (χ1) is 7.20. The van der Waals surface area contributed by atoms with E-state index in [0.29, 0.717) is 13.2 Å². The highest BCUT2D eigenvalue weighted by Crippen LogP contribution is 2.22. The summed E-state index contributed by atoms with van der Waals surface area (Å²) in [6.07, 6.45) is 0. The van der Waals surface area contributed by atoms with Gasteiger partial charge in [0.15, 0.2) is 17.5 Å². The first kappa shape index (κ1) is 10.4. The quantitative estimate of drug-likeness (QED) is 0.724. The summed E-state index contributed by atoms with van der Waals surface area (Å²) < 4.78 is 44.0. The second kappa shape index (κ2) is 4.20. The molecule has 2 rings (SSSR count). The SMILES string of the molecule is Fc1ccc([C@@H]2COCCN2)c(F)c1F. The van der Waals surface area contributed by atoms with Crippen molar-refractivity contribution < 1.29 is 17.9 Å². The molecule has 1 aromatic rings. The van der Waals surface area contributed by atoms with E-state index in [1.165, 1.54) is 6.07 Å². The van der Waals surface area contributed by atoms with Crippen molar-refractivity contribution in [1.82, 2.24) is 5.32 Å². The summed E-state index contributed by atoms with van der Waals surface area (Å²) in [5.74, 6) is -3.74. The molecular formula is C10H10F3NO. The summed E-state index contributed by atoms with van der Waals surface area (Å²) in [5.41, 5.74) is 0.105. The van der Waals surface area contributed by atoms with Crippen molar-refractivity contribution in [3.63, 3.8) is 0 Å². The molecule has 1 aliphatic heterocycles. The summed E-state index contributed by atoms with van der Waals surface area (Å²) in [7, 11) is 0. The number of hydrogen-bond acceptors (Lipinski definition) is 2. The highest BCUT2D eigenvalue weighted by molar-refractivity contribution is 5.24. The third-order valence-electron chi connectivity index (χ3n) is 2.36. The lowest BCUT2D eigenvalue weighted by Crippen LogP contribution is -2.35. The molecule has 0 unspecified atom stereocenters. The third-order valence-corrected chi connectivity index (χ3v) is 2.36. The van der Waals surface area contributed by atoms with Crippen molar-refractivity contribution >= 4 is 0 Å². The number of benzene rings is 1. The number of nitrogens with one attached hydrogen (secondary N) is 1. The molecule has 1 saturated heterocycles. The fourth-order valence-corrected chi connectivity index (χ4v) is 1.58. The molecule has 15 heavy (non-hydrogen) atoms. The minimum Gasteiger partial charge on any atom is -0.378 e. The number of rotatable bonds is 1. The predicted molar refractivity (Wildman–Crippen MR) is 47.9 cm³/mol. The Kier molecular flexibility index (Phi) is 2.93. The van der Waals surface area contributed by atoms with Crippen LogP contribution in [-0.4, -0.2) is 19.8 Å². The van der Waals surface area contributed by atoms with Gasteiger partial charge in [-0.1, -0.05) is 6.07 Å². The highest BCUT2D eigenvalue weighted by atomic mass is 19.2. The van der Waals surface area contributed by atoms with E-state index in [-0.39, 0.29) is 12.2 Å². The maximum Gasteiger partial charge on any atom is 0.194 e. The maximum absolute atomic E-state index is 13.3. The average Bonchev–Trinajstić information content (AvgIpc) is 2.27. The van der Waals surface area contributed by atoms with Gasteiger partial charge < -0.3 is 10.1 Å². The zero-order valence-electron chi connectivity index (χ0n) is 7.90. The van der Waals surface area contributed by atoms with Crippen LogP contribution in [0.3, 0.4) is 0 Å². The van der Waals surface area contributed by atoms with E-state index in [9.17, 15) is 13.2 Å². The van der Waals surface area contributed by atoms with Crippen LogP contribution in [0.5, 0.6) is 0 Å². The maximum atomic E-state index is 13.3. The summed E-state index contributed by atoms with van der Waals surface area (Å²) >= 11 is 0. The van der Waals surface area contributed by atoms with E-state index < -0.39 is 23.5 Å². The van der Waals surface area contributed by atoms with E-state index >= 15 is 0 Å². The van der Waals surface area contributed by atoms with Crippen LogP contribution in [-0.2, 0) is 4.74 Å². The Morgan fingerprint density at radius 1 is 1.20 bits per heavy atom. The highest BCUT2D eigenvalue weighted by Gasteiger charge is 2.22. The van der Waals surface area contributed by atoms with Gasteiger partial charge in [0.25, 0.3) is 0 Å². The van der Waals surface area contributed by atoms with Crippen LogP contribution in [0.25, 0.3) is 0 Å². The van der Waals surface area contributed by atoms with E-state index in [1.54, 1.807) is 0 Å². The molecule has 0 radical (unpaired) electrons. The standard InChI is InChI=1S/C10H10F3NO/c11-7-2-1-6(9(12)10(7)13)8-5-15-4-3-14-8/h1-2,8,14H,3-5H2/t8-/m0/s1. The number of halogens is 3. The molecule has 2 nitrogen and oxygen atoms in total. The van der Waals surface area contributed by atoms with Crippen molar-refractivity contribution in [2.75, 3.05) is 19.8 Å². The van der Waals surface area contributed by atoms with Crippen molar-refractivity contribution in [1.29, 1.82) is 0 Å². The van der Waals surface area contributed by atoms with Crippen molar-refractivity contribution in [2.45, 2.75) is 6.04 Å². The van der Waals surface area contributed by atoms with E-state index in [2.05, 4.69) is 5.32 Å². The molecule has 1 atom stereocenters. The lowest BCUT2D eigenvalue weighted by Gasteiger charge is -2.24. The number of hydrogen-bond donors (Lipinski definition) is 1. The molecule has 0 amide bonds. The fraction of sp³-hybridized carbons (Fsp3) is 0.400. The molecule has 1 aromatic carbocycles. The lowest BCUT2D eigenvalue weighted by atomic mass is 10.1. The Morgan fingerprint density at radius 2 is 2.00 bits per heavy atom. The van der Waals surface area contributed by atoms with Crippen LogP contribution in [0.15, 0.2) is 12.1 Å². The molecule has 0 saturated carbocycles. The van der Waals surface area contributed by atoms with Gasteiger partial charge in [0.1, 0.15) is 0 Å². The smallest absolute Gasteiger partial charge is 0.194 e. The van der Waals surface area contributed by atoms with E-state index in [1.807, 2.05) is 0 Å². The fourth-order valence-electron chi connectivity index (χ4n) is 1.58. The Bertz CT molecular complexity index is 364. The molecule has 82 valence electrons. The van der Waals surface area contributed by atoms with Gasteiger partial charge in [-0.3, -0.25) is 0 Å². The van der Waals surface area contributed by atoms with Gasteiger partial charge in [0, 0.05) is 12.1 Å². The van der Waals surface area contributed by atoms with Crippen LogP contribution in [0, 0.1) is 17.5 Å².